The maximum absolute atomic E-state index is 8.65. The molecule has 0 saturated heterocycles. The first kappa shape index (κ1) is 14.0. The van der Waals surface area contributed by atoms with Crippen LogP contribution in [0.25, 0.3) is 0 Å². The molecule has 1 heterocycles. The summed E-state index contributed by atoms with van der Waals surface area (Å²) in [6, 6.07) is 12.1. The third kappa shape index (κ3) is 4.32. The van der Waals surface area contributed by atoms with Crippen LogP contribution in [0.3, 0.4) is 0 Å². The molecule has 0 atom stereocenters. The molecule has 2 nitrogen and oxygen atoms in total. The standard InChI is InChI=1S/C15H14O2S2/c1-17-12-4-6-13(7-5-12)18-11-15-9-8-14(19-15)3-2-10-16/h4-9,16H,10-11H2,1H3. The first-order valence-corrected chi connectivity index (χ1v) is 7.57. The van der Waals surface area contributed by atoms with E-state index < -0.39 is 0 Å². The molecule has 0 radical (unpaired) electrons. The molecule has 4 heteroatoms. The van der Waals surface area contributed by atoms with Gasteiger partial charge in [0.1, 0.15) is 12.4 Å². The van der Waals surface area contributed by atoms with Crippen LogP contribution in [0.2, 0.25) is 0 Å². The molecule has 0 aliphatic heterocycles. The van der Waals surface area contributed by atoms with E-state index in [1.54, 1.807) is 30.2 Å². The molecule has 0 unspecified atom stereocenters. The van der Waals surface area contributed by atoms with E-state index >= 15 is 0 Å². The molecule has 1 N–H and O–H groups in total. The Kier molecular flexibility index (Phi) is 5.34. The van der Waals surface area contributed by atoms with Crippen molar-refractivity contribution in [3.63, 3.8) is 0 Å². The topological polar surface area (TPSA) is 29.5 Å². The molecule has 2 rings (SSSR count). The van der Waals surface area contributed by atoms with E-state index in [2.05, 4.69) is 30.0 Å². The molecule has 2 aromatic rings. The Hall–Kier alpha value is -1.41. The predicted octanol–water partition coefficient (Wildman–Crippen LogP) is 3.39. The lowest BCUT2D eigenvalue weighted by Crippen LogP contribution is -1.81. The van der Waals surface area contributed by atoms with Gasteiger partial charge in [-0.2, -0.15) is 0 Å². The Morgan fingerprint density at radius 2 is 2.00 bits per heavy atom. The van der Waals surface area contributed by atoms with Gasteiger partial charge in [0.05, 0.1) is 12.0 Å². The average Bonchev–Trinajstić information content (AvgIpc) is 2.91. The minimum atomic E-state index is -0.0895. The number of methoxy groups -OCH3 is 1. The second-order valence-electron chi connectivity index (χ2n) is 3.69. The van der Waals surface area contributed by atoms with Gasteiger partial charge in [0.2, 0.25) is 0 Å². The lowest BCUT2D eigenvalue weighted by Gasteiger charge is -2.02. The summed E-state index contributed by atoms with van der Waals surface area (Å²) in [5.41, 5.74) is 0. The van der Waals surface area contributed by atoms with Gasteiger partial charge in [0.25, 0.3) is 0 Å². The maximum Gasteiger partial charge on any atom is 0.118 e. The van der Waals surface area contributed by atoms with Crippen LogP contribution in [-0.2, 0) is 5.75 Å². The van der Waals surface area contributed by atoms with E-state index in [1.807, 2.05) is 18.2 Å². The van der Waals surface area contributed by atoms with Crippen LogP contribution in [0.5, 0.6) is 5.75 Å². The fourth-order valence-corrected chi connectivity index (χ4v) is 3.30. The monoisotopic (exact) mass is 290 g/mol. The van der Waals surface area contributed by atoms with Crippen molar-refractivity contribution in [1.29, 1.82) is 0 Å². The number of ether oxygens (including phenoxy) is 1. The number of aliphatic hydroxyl groups excluding tert-OH is 1. The molecule has 1 aromatic heterocycles. The average molecular weight is 290 g/mol. The summed E-state index contributed by atoms with van der Waals surface area (Å²) in [5.74, 6) is 7.39. The largest absolute Gasteiger partial charge is 0.497 e. The Labute approximate surface area is 121 Å². The summed E-state index contributed by atoms with van der Waals surface area (Å²) >= 11 is 3.46. The van der Waals surface area contributed by atoms with Gasteiger partial charge in [0.15, 0.2) is 0 Å². The third-order valence-electron chi connectivity index (χ3n) is 2.39. The highest BCUT2D eigenvalue weighted by atomic mass is 32.2. The Morgan fingerprint density at radius 1 is 1.21 bits per heavy atom. The van der Waals surface area contributed by atoms with Crippen molar-refractivity contribution < 1.29 is 9.84 Å². The number of hydrogen-bond donors (Lipinski definition) is 1. The lowest BCUT2D eigenvalue weighted by atomic mass is 10.3. The van der Waals surface area contributed by atoms with Crippen molar-refractivity contribution >= 4 is 23.1 Å². The highest BCUT2D eigenvalue weighted by molar-refractivity contribution is 7.98. The van der Waals surface area contributed by atoms with Crippen molar-refractivity contribution in [3.05, 3.63) is 46.2 Å². The molecule has 0 saturated carbocycles. The zero-order valence-corrected chi connectivity index (χ0v) is 12.2. The van der Waals surface area contributed by atoms with E-state index in [4.69, 9.17) is 9.84 Å². The highest BCUT2D eigenvalue weighted by Crippen LogP contribution is 2.27. The summed E-state index contributed by atoms with van der Waals surface area (Å²) in [6.45, 7) is -0.0895. The first-order chi connectivity index (χ1) is 9.31. The Morgan fingerprint density at radius 3 is 2.68 bits per heavy atom. The molecular weight excluding hydrogens is 276 g/mol. The van der Waals surface area contributed by atoms with Gasteiger partial charge in [-0.25, -0.2) is 0 Å². The zero-order valence-electron chi connectivity index (χ0n) is 10.6. The van der Waals surface area contributed by atoms with E-state index in [9.17, 15) is 0 Å². The van der Waals surface area contributed by atoms with Gasteiger partial charge in [-0.15, -0.1) is 23.1 Å². The van der Waals surface area contributed by atoms with Gasteiger partial charge >= 0.3 is 0 Å². The van der Waals surface area contributed by atoms with Crippen molar-refractivity contribution in [2.75, 3.05) is 13.7 Å². The molecule has 19 heavy (non-hydrogen) atoms. The molecule has 0 aliphatic carbocycles. The van der Waals surface area contributed by atoms with Gasteiger partial charge in [-0.05, 0) is 36.4 Å². The van der Waals surface area contributed by atoms with E-state index in [1.165, 1.54) is 9.77 Å². The van der Waals surface area contributed by atoms with Crippen LogP contribution in [0.15, 0.2) is 41.3 Å². The van der Waals surface area contributed by atoms with Crippen LogP contribution >= 0.6 is 23.1 Å². The van der Waals surface area contributed by atoms with Crippen LogP contribution in [0.4, 0.5) is 0 Å². The third-order valence-corrected chi connectivity index (χ3v) is 4.64. The molecule has 1 aromatic carbocycles. The van der Waals surface area contributed by atoms with Gasteiger partial charge in [0, 0.05) is 15.5 Å². The predicted molar refractivity (Wildman–Crippen MR) is 80.8 cm³/mol. The van der Waals surface area contributed by atoms with Crippen LogP contribution < -0.4 is 4.74 Å². The summed E-state index contributed by atoms with van der Waals surface area (Å²) in [5, 5.41) is 8.65. The molecule has 0 bridgehead atoms. The second-order valence-corrected chi connectivity index (χ2v) is 5.91. The van der Waals surface area contributed by atoms with Crippen molar-refractivity contribution in [2.24, 2.45) is 0 Å². The number of benzene rings is 1. The molecule has 0 aliphatic rings. The second kappa shape index (κ2) is 7.25. The number of hydrogen-bond acceptors (Lipinski definition) is 4. The molecule has 0 spiro atoms. The highest BCUT2D eigenvalue weighted by Gasteiger charge is 2.00. The van der Waals surface area contributed by atoms with Gasteiger partial charge in [-0.3, -0.25) is 0 Å². The van der Waals surface area contributed by atoms with Gasteiger partial charge in [-0.1, -0.05) is 11.8 Å². The van der Waals surface area contributed by atoms with Crippen molar-refractivity contribution in [1.82, 2.24) is 0 Å². The minimum absolute atomic E-state index is 0.0895. The quantitative estimate of drug-likeness (QED) is 0.691. The Balaban J connectivity index is 1.92. The van der Waals surface area contributed by atoms with Crippen molar-refractivity contribution in [3.8, 4) is 17.6 Å². The van der Waals surface area contributed by atoms with Gasteiger partial charge < -0.3 is 9.84 Å². The van der Waals surface area contributed by atoms with Crippen LogP contribution in [0.1, 0.15) is 9.75 Å². The number of rotatable bonds is 4. The fraction of sp³-hybridized carbons (Fsp3) is 0.200. The molecular formula is C15H14O2S2. The Bertz CT molecular complexity index is 576. The minimum Gasteiger partial charge on any atom is -0.497 e. The fourth-order valence-electron chi connectivity index (χ4n) is 1.48. The van der Waals surface area contributed by atoms with E-state index in [-0.39, 0.29) is 6.61 Å². The summed E-state index contributed by atoms with van der Waals surface area (Å²) in [7, 11) is 1.67. The molecule has 98 valence electrons. The normalized spacial score (nSPS) is 9.79. The summed E-state index contributed by atoms with van der Waals surface area (Å²) < 4.78 is 5.13. The number of thiophene rings is 1. The van der Waals surface area contributed by atoms with E-state index in [0.29, 0.717) is 0 Å². The van der Waals surface area contributed by atoms with Crippen LogP contribution in [-0.4, -0.2) is 18.8 Å². The van der Waals surface area contributed by atoms with Crippen LogP contribution in [0, 0.1) is 11.8 Å². The number of aliphatic hydroxyl groups is 1. The molecule has 0 amide bonds. The van der Waals surface area contributed by atoms with Crippen molar-refractivity contribution in [2.45, 2.75) is 10.6 Å². The smallest absolute Gasteiger partial charge is 0.118 e. The maximum atomic E-state index is 8.65. The zero-order chi connectivity index (χ0) is 13.5. The molecule has 0 fully saturated rings. The lowest BCUT2D eigenvalue weighted by molar-refractivity contribution is 0.350. The first-order valence-electron chi connectivity index (χ1n) is 5.77. The number of thioether (sulfide) groups is 1. The summed E-state index contributed by atoms with van der Waals surface area (Å²) in [4.78, 5) is 3.50. The SMILES string of the molecule is COc1ccc(SCc2ccc(C#CCO)s2)cc1. The van der Waals surface area contributed by atoms with E-state index in [0.717, 1.165) is 16.4 Å². The summed E-state index contributed by atoms with van der Waals surface area (Å²) in [6.07, 6.45) is 0.